The number of benzene rings is 1. The van der Waals surface area contributed by atoms with Crippen molar-refractivity contribution in [1.82, 2.24) is 15.5 Å². The largest absolute Gasteiger partial charge is 0.463 e. The number of thioether (sulfide) groups is 1. The van der Waals surface area contributed by atoms with E-state index in [0.29, 0.717) is 21.6 Å². The molecule has 11 heteroatoms. The number of nitrogens with zero attached hydrogens (tertiary/aromatic N) is 4. The van der Waals surface area contributed by atoms with Crippen LogP contribution in [-0.4, -0.2) is 53.7 Å². The molecule has 3 rings (SSSR count). The summed E-state index contributed by atoms with van der Waals surface area (Å²) in [7, 11) is 3.94. The Labute approximate surface area is 201 Å². The fraction of sp³-hybridized carbons (Fsp3) is 0.409. The summed E-state index contributed by atoms with van der Waals surface area (Å²) in [5, 5.41) is 15.8. The summed E-state index contributed by atoms with van der Waals surface area (Å²) in [5.74, 6) is -0.466. The highest BCUT2D eigenvalue weighted by Gasteiger charge is 2.30. The molecular weight excluding hydrogens is 460 g/mol. The van der Waals surface area contributed by atoms with Crippen LogP contribution in [0.3, 0.4) is 0 Å². The lowest BCUT2D eigenvalue weighted by Crippen LogP contribution is -2.31. The number of aliphatic imine (C=N–C) groups is 1. The minimum absolute atomic E-state index is 0.140. The fourth-order valence-electron chi connectivity index (χ4n) is 3.13. The second-order valence-corrected chi connectivity index (χ2v) is 9.42. The van der Waals surface area contributed by atoms with E-state index in [2.05, 4.69) is 20.8 Å². The van der Waals surface area contributed by atoms with Gasteiger partial charge in [0, 0.05) is 25.5 Å². The molecule has 0 aliphatic carbocycles. The molecule has 2 heterocycles. The Hall–Kier alpha value is -2.92. The lowest BCUT2D eigenvalue weighted by atomic mass is 9.96. The van der Waals surface area contributed by atoms with Crippen molar-refractivity contribution in [3.8, 4) is 0 Å². The van der Waals surface area contributed by atoms with Gasteiger partial charge in [-0.15, -0.1) is 10.2 Å². The Morgan fingerprint density at radius 3 is 2.55 bits per heavy atom. The molecular formula is C22H28N6O3S2. The number of esters is 1. The number of ether oxygens (including phenoxy) is 1. The van der Waals surface area contributed by atoms with Crippen LogP contribution in [0.5, 0.6) is 0 Å². The lowest BCUT2D eigenvalue weighted by Gasteiger charge is -2.26. The molecule has 0 fully saturated rings. The van der Waals surface area contributed by atoms with Crippen molar-refractivity contribution in [3.05, 3.63) is 46.1 Å². The van der Waals surface area contributed by atoms with Crippen molar-refractivity contribution in [2.24, 2.45) is 4.99 Å². The quantitative estimate of drug-likeness (QED) is 0.545. The Morgan fingerprint density at radius 1 is 1.21 bits per heavy atom. The summed E-state index contributed by atoms with van der Waals surface area (Å²) in [6.45, 7) is 5.85. The average molecular weight is 489 g/mol. The van der Waals surface area contributed by atoms with Crippen LogP contribution in [-0.2, 0) is 20.7 Å². The van der Waals surface area contributed by atoms with Gasteiger partial charge in [-0.05, 0) is 38.0 Å². The number of hydrogen-bond acceptors (Lipinski definition) is 10. The van der Waals surface area contributed by atoms with E-state index in [-0.39, 0.29) is 18.3 Å². The second kappa shape index (κ2) is 11.3. The van der Waals surface area contributed by atoms with Crippen molar-refractivity contribution in [3.63, 3.8) is 0 Å². The van der Waals surface area contributed by atoms with E-state index in [0.717, 1.165) is 22.7 Å². The second-order valence-electron chi connectivity index (χ2n) is 7.40. The smallest absolute Gasteiger partial charge is 0.338 e. The summed E-state index contributed by atoms with van der Waals surface area (Å²) in [4.78, 5) is 31.8. The van der Waals surface area contributed by atoms with E-state index < -0.39 is 12.0 Å². The molecule has 1 aliphatic rings. The number of aryl methyl sites for hydroxylation is 1. The molecule has 1 amide bonds. The maximum Gasteiger partial charge on any atom is 0.338 e. The van der Waals surface area contributed by atoms with E-state index >= 15 is 0 Å². The van der Waals surface area contributed by atoms with Gasteiger partial charge >= 0.3 is 5.97 Å². The van der Waals surface area contributed by atoms with Gasteiger partial charge in [0.1, 0.15) is 11.0 Å². The molecule has 1 aromatic heterocycles. The monoisotopic (exact) mass is 488 g/mol. The number of hydrogen-bond donors (Lipinski definition) is 2. The van der Waals surface area contributed by atoms with Gasteiger partial charge < -0.3 is 15.0 Å². The van der Waals surface area contributed by atoms with Crippen LogP contribution in [0, 0.1) is 0 Å². The van der Waals surface area contributed by atoms with Crippen LogP contribution in [0.25, 0.3) is 0 Å². The van der Waals surface area contributed by atoms with Crippen molar-refractivity contribution in [1.29, 1.82) is 0 Å². The van der Waals surface area contributed by atoms with Crippen LogP contribution in [0.15, 0.2) is 40.5 Å². The van der Waals surface area contributed by atoms with Gasteiger partial charge in [-0.3, -0.25) is 10.1 Å². The molecule has 33 heavy (non-hydrogen) atoms. The first-order valence-electron chi connectivity index (χ1n) is 10.6. The number of amides is 1. The van der Waals surface area contributed by atoms with E-state index in [1.807, 2.05) is 57.1 Å². The zero-order chi connectivity index (χ0) is 24.0. The molecule has 0 spiro atoms. The molecule has 0 saturated carbocycles. The molecule has 0 bridgehead atoms. The summed E-state index contributed by atoms with van der Waals surface area (Å²) >= 11 is 2.62. The summed E-state index contributed by atoms with van der Waals surface area (Å²) in [5.41, 5.74) is 3.03. The van der Waals surface area contributed by atoms with E-state index in [1.165, 1.54) is 23.1 Å². The normalized spacial score (nSPS) is 15.5. The number of carbonyl (C=O) groups excluding carboxylic acids is 2. The molecule has 9 nitrogen and oxygen atoms in total. The minimum Gasteiger partial charge on any atom is -0.463 e. The number of rotatable bonds is 8. The third-order valence-corrected chi connectivity index (χ3v) is 6.66. The highest BCUT2D eigenvalue weighted by Crippen LogP contribution is 2.33. The predicted molar refractivity (Wildman–Crippen MR) is 134 cm³/mol. The topological polar surface area (TPSA) is 109 Å². The van der Waals surface area contributed by atoms with E-state index in [9.17, 15) is 9.59 Å². The highest BCUT2D eigenvalue weighted by molar-refractivity contribution is 8.14. The number of anilines is 2. The number of nitrogens with one attached hydrogen (secondary N) is 2. The molecule has 1 atom stereocenters. The van der Waals surface area contributed by atoms with Crippen LogP contribution in [0.1, 0.15) is 37.4 Å². The first-order valence-corrected chi connectivity index (χ1v) is 12.4. The van der Waals surface area contributed by atoms with Gasteiger partial charge in [-0.2, -0.15) is 0 Å². The number of allylic oxidation sites excluding steroid dienone is 1. The number of aromatic nitrogens is 2. The molecule has 2 aromatic rings. The maximum absolute atomic E-state index is 12.7. The summed E-state index contributed by atoms with van der Waals surface area (Å²) in [6, 6.07) is 7.35. The third-order valence-electron chi connectivity index (χ3n) is 4.79. The predicted octanol–water partition coefficient (Wildman–Crippen LogP) is 3.38. The van der Waals surface area contributed by atoms with Crippen LogP contribution < -0.4 is 15.5 Å². The molecule has 2 N–H and O–H groups in total. The Kier molecular flexibility index (Phi) is 8.45. The molecule has 1 aromatic carbocycles. The molecule has 0 saturated heterocycles. The maximum atomic E-state index is 12.7. The molecule has 0 unspecified atom stereocenters. The van der Waals surface area contributed by atoms with Crippen LogP contribution in [0.2, 0.25) is 0 Å². The Balaban J connectivity index is 1.77. The first kappa shape index (κ1) is 24.7. The average Bonchev–Trinajstić information content (AvgIpc) is 3.25. The SMILES string of the molecule is CCOC(=O)C1=C(C)NC(SCC(=O)Nc2nnc(CC)s2)=N[C@@H]1c1ccc(N(C)C)cc1. The van der Waals surface area contributed by atoms with Crippen LogP contribution >= 0.6 is 23.1 Å². The molecule has 1 aliphatic heterocycles. The van der Waals surface area contributed by atoms with Gasteiger partial charge in [0.15, 0.2) is 5.17 Å². The first-order chi connectivity index (χ1) is 15.8. The highest BCUT2D eigenvalue weighted by atomic mass is 32.2. The minimum atomic E-state index is -0.526. The zero-order valence-electron chi connectivity index (χ0n) is 19.3. The third kappa shape index (κ3) is 6.32. The van der Waals surface area contributed by atoms with Gasteiger partial charge in [0.2, 0.25) is 11.0 Å². The van der Waals surface area contributed by atoms with E-state index in [1.54, 1.807) is 6.92 Å². The van der Waals surface area contributed by atoms with Crippen LogP contribution in [0.4, 0.5) is 10.8 Å². The molecule has 0 radical (unpaired) electrons. The van der Waals surface area contributed by atoms with Gasteiger partial charge in [-0.1, -0.05) is 42.2 Å². The Bertz CT molecular complexity index is 1060. The number of carbonyl (C=O) groups is 2. The van der Waals surface area contributed by atoms with Crippen molar-refractivity contribution >= 4 is 51.0 Å². The van der Waals surface area contributed by atoms with Crippen molar-refractivity contribution in [2.45, 2.75) is 33.2 Å². The summed E-state index contributed by atoms with van der Waals surface area (Å²) in [6.07, 6.45) is 0.772. The van der Waals surface area contributed by atoms with Gasteiger partial charge in [0.25, 0.3) is 0 Å². The Morgan fingerprint density at radius 2 is 1.94 bits per heavy atom. The van der Waals surface area contributed by atoms with Gasteiger partial charge in [-0.25, -0.2) is 9.79 Å². The fourth-order valence-corrected chi connectivity index (χ4v) is 4.57. The zero-order valence-corrected chi connectivity index (χ0v) is 21.0. The number of amidine groups is 1. The van der Waals surface area contributed by atoms with Crippen molar-refractivity contribution < 1.29 is 14.3 Å². The van der Waals surface area contributed by atoms with Crippen molar-refractivity contribution in [2.75, 3.05) is 36.7 Å². The molecule has 176 valence electrons. The standard InChI is InChI=1S/C22H28N6O3S2/c1-6-17-26-27-22(33-17)24-16(29)12-32-21-23-13(3)18(20(30)31-7-2)19(25-21)14-8-10-15(11-9-14)28(4)5/h8-11,19H,6-7,12H2,1-5H3,(H,23,25)(H,24,27,29)/t19-/m1/s1. The summed E-state index contributed by atoms with van der Waals surface area (Å²) < 4.78 is 5.28. The van der Waals surface area contributed by atoms with Gasteiger partial charge in [0.05, 0.1) is 17.9 Å². The van der Waals surface area contributed by atoms with E-state index in [4.69, 9.17) is 9.73 Å². The lowest BCUT2D eigenvalue weighted by molar-refractivity contribution is -0.139.